The Bertz CT molecular complexity index is 333. The van der Waals surface area contributed by atoms with Crippen molar-refractivity contribution >= 4 is 56.3 Å². The molecule has 0 fully saturated rings. The van der Waals surface area contributed by atoms with E-state index in [-0.39, 0.29) is 39.9 Å². The van der Waals surface area contributed by atoms with Crippen LogP contribution in [0, 0.1) is 0 Å². The van der Waals surface area contributed by atoms with Crippen LogP contribution in [-0.4, -0.2) is 24.0 Å². The number of amides is 1. The van der Waals surface area contributed by atoms with Gasteiger partial charge in [0.2, 0.25) is 5.91 Å². The van der Waals surface area contributed by atoms with E-state index in [1.54, 1.807) is 11.3 Å². The van der Waals surface area contributed by atoms with Crippen molar-refractivity contribution in [3.05, 3.63) is 10.6 Å². The lowest BCUT2D eigenvalue weighted by molar-refractivity contribution is -0.114. The molecule has 0 unspecified atom stereocenters. The maximum atomic E-state index is 10.8. The molecule has 4 nitrogen and oxygen atoms in total. The van der Waals surface area contributed by atoms with Crippen molar-refractivity contribution in [2.75, 3.05) is 18.4 Å². The Labute approximate surface area is 120 Å². The standard InChI is InChI=1S/C9H13N3OS.2BrH/c1-6(13)11-9-12-7-2-4-10-5-3-8(7)14-9;;/h10H,2-5H2,1H3,(H,11,12,13);2*1H. The summed E-state index contributed by atoms with van der Waals surface area (Å²) >= 11 is 1.59. The Morgan fingerprint density at radius 3 is 2.75 bits per heavy atom. The molecule has 1 aliphatic heterocycles. The van der Waals surface area contributed by atoms with Gasteiger partial charge >= 0.3 is 0 Å². The van der Waals surface area contributed by atoms with E-state index < -0.39 is 0 Å². The van der Waals surface area contributed by atoms with Crippen molar-refractivity contribution in [2.24, 2.45) is 0 Å². The van der Waals surface area contributed by atoms with Crippen molar-refractivity contribution in [3.63, 3.8) is 0 Å². The van der Waals surface area contributed by atoms with Crippen molar-refractivity contribution in [1.82, 2.24) is 10.3 Å². The Morgan fingerprint density at radius 1 is 1.38 bits per heavy atom. The fraction of sp³-hybridized carbons (Fsp3) is 0.556. The largest absolute Gasteiger partial charge is 0.316 e. The summed E-state index contributed by atoms with van der Waals surface area (Å²) in [5.74, 6) is -0.0490. The molecule has 16 heavy (non-hydrogen) atoms. The maximum Gasteiger partial charge on any atom is 0.223 e. The Hall–Kier alpha value is 0.0200. The van der Waals surface area contributed by atoms with Crippen LogP contribution in [0.2, 0.25) is 0 Å². The van der Waals surface area contributed by atoms with Crippen LogP contribution in [0.1, 0.15) is 17.5 Å². The van der Waals surface area contributed by atoms with E-state index in [0.29, 0.717) is 0 Å². The zero-order valence-corrected chi connectivity index (χ0v) is 13.2. The maximum absolute atomic E-state index is 10.8. The molecule has 2 N–H and O–H groups in total. The summed E-state index contributed by atoms with van der Waals surface area (Å²) in [6.45, 7) is 3.50. The molecule has 0 radical (unpaired) electrons. The van der Waals surface area contributed by atoms with Crippen LogP contribution in [0.5, 0.6) is 0 Å². The van der Waals surface area contributed by atoms with Gasteiger partial charge in [0, 0.05) is 31.3 Å². The Balaban J connectivity index is 0.00000112. The van der Waals surface area contributed by atoms with Gasteiger partial charge < -0.3 is 10.6 Å². The fourth-order valence-corrected chi connectivity index (χ4v) is 2.57. The molecule has 0 bridgehead atoms. The molecule has 1 amide bonds. The van der Waals surface area contributed by atoms with Gasteiger partial charge in [0.15, 0.2) is 5.13 Å². The van der Waals surface area contributed by atoms with E-state index in [2.05, 4.69) is 15.6 Å². The second-order valence-corrected chi connectivity index (χ2v) is 4.40. The molecule has 1 aromatic heterocycles. The molecule has 0 spiro atoms. The summed E-state index contributed by atoms with van der Waals surface area (Å²) in [5.41, 5.74) is 1.14. The molecule has 2 heterocycles. The van der Waals surface area contributed by atoms with Gasteiger partial charge in [0.25, 0.3) is 0 Å². The van der Waals surface area contributed by atoms with Gasteiger partial charge in [0.1, 0.15) is 0 Å². The summed E-state index contributed by atoms with van der Waals surface area (Å²) in [5, 5.41) is 6.79. The number of fused-ring (bicyclic) bond motifs is 1. The summed E-state index contributed by atoms with van der Waals surface area (Å²) < 4.78 is 0. The summed E-state index contributed by atoms with van der Waals surface area (Å²) in [6, 6.07) is 0. The first kappa shape index (κ1) is 16.0. The van der Waals surface area contributed by atoms with Gasteiger partial charge in [-0.05, 0) is 6.42 Å². The molecular formula is C9H15Br2N3OS. The van der Waals surface area contributed by atoms with Crippen LogP contribution in [-0.2, 0) is 17.6 Å². The van der Waals surface area contributed by atoms with Crippen LogP contribution >= 0.6 is 45.3 Å². The molecular weight excluding hydrogens is 358 g/mol. The third kappa shape index (κ3) is 4.12. The van der Waals surface area contributed by atoms with E-state index in [4.69, 9.17) is 0 Å². The highest BCUT2D eigenvalue weighted by molar-refractivity contribution is 8.93. The van der Waals surface area contributed by atoms with E-state index in [1.165, 1.54) is 11.8 Å². The highest BCUT2D eigenvalue weighted by Crippen LogP contribution is 2.24. The van der Waals surface area contributed by atoms with Crippen LogP contribution in [0.3, 0.4) is 0 Å². The van der Waals surface area contributed by atoms with Gasteiger partial charge in [-0.3, -0.25) is 4.79 Å². The SMILES string of the molecule is Br.Br.CC(=O)Nc1nc2c(s1)CCNCC2. The number of nitrogens with one attached hydrogen (secondary N) is 2. The molecule has 0 saturated heterocycles. The van der Waals surface area contributed by atoms with Crippen LogP contribution in [0.4, 0.5) is 5.13 Å². The first-order valence-electron chi connectivity index (χ1n) is 4.72. The molecule has 0 saturated carbocycles. The van der Waals surface area contributed by atoms with E-state index in [1.807, 2.05) is 0 Å². The molecule has 7 heteroatoms. The lowest BCUT2D eigenvalue weighted by atomic mass is 10.2. The van der Waals surface area contributed by atoms with Gasteiger partial charge in [-0.1, -0.05) is 0 Å². The third-order valence-electron chi connectivity index (χ3n) is 2.13. The van der Waals surface area contributed by atoms with Crippen molar-refractivity contribution < 1.29 is 4.79 Å². The second-order valence-electron chi connectivity index (χ2n) is 3.32. The van der Waals surface area contributed by atoms with Gasteiger partial charge in [-0.15, -0.1) is 45.3 Å². The number of carbonyl (C=O) groups excluding carboxylic acids is 1. The predicted molar refractivity (Wildman–Crippen MR) is 77.3 cm³/mol. The van der Waals surface area contributed by atoms with Crippen molar-refractivity contribution in [1.29, 1.82) is 0 Å². The smallest absolute Gasteiger partial charge is 0.223 e. The van der Waals surface area contributed by atoms with Gasteiger partial charge in [0.05, 0.1) is 5.69 Å². The molecule has 2 rings (SSSR count). The van der Waals surface area contributed by atoms with Crippen LogP contribution in [0.15, 0.2) is 0 Å². The highest BCUT2D eigenvalue weighted by Gasteiger charge is 2.13. The monoisotopic (exact) mass is 371 g/mol. The van der Waals surface area contributed by atoms with E-state index in [0.717, 1.165) is 36.8 Å². The minimum Gasteiger partial charge on any atom is -0.316 e. The Morgan fingerprint density at radius 2 is 2.06 bits per heavy atom. The van der Waals surface area contributed by atoms with E-state index >= 15 is 0 Å². The number of hydrogen-bond acceptors (Lipinski definition) is 4. The van der Waals surface area contributed by atoms with Crippen molar-refractivity contribution in [3.8, 4) is 0 Å². The number of carbonyl (C=O) groups is 1. The normalized spacial score (nSPS) is 13.8. The zero-order chi connectivity index (χ0) is 9.97. The number of aromatic nitrogens is 1. The zero-order valence-electron chi connectivity index (χ0n) is 8.91. The van der Waals surface area contributed by atoms with Crippen LogP contribution < -0.4 is 10.6 Å². The van der Waals surface area contributed by atoms with E-state index in [9.17, 15) is 4.79 Å². The summed E-state index contributed by atoms with van der Waals surface area (Å²) in [6.07, 6.45) is 1.98. The predicted octanol–water partition coefficient (Wildman–Crippen LogP) is 1.95. The number of thiazole rings is 1. The average molecular weight is 373 g/mol. The van der Waals surface area contributed by atoms with Gasteiger partial charge in [-0.2, -0.15) is 0 Å². The minimum atomic E-state index is -0.0490. The number of nitrogens with zero attached hydrogens (tertiary/aromatic N) is 1. The number of anilines is 1. The molecule has 0 atom stereocenters. The third-order valence-corrected chi connectivity index (χ3v) is 3.20. The first-order chi connectivity index (χ1) is 6.75. The van der Waals surface area contributed by atoms with Gasteiger partial charge in [-0.25, -0.2) is 4.98 Å². The Kier molecular flexibility index (Phi) is 7.38. The highest BCUT2D eigenvalue weighted by atomic mass is 79.9. The molecule has 0 aliphatic carbocycles. The number of hydrogen-bond donors (Lipinski definition) is 2. The lowest BCUT2D eigenvalue weighted by Gasteiger charge is -1.96. The number of halogens is 2. The second kappa shape index (κ2) is 7.37. The lowest BCUT2D eigenvalue weighted by Crippen LogP contribution is -2.16. The average Bonchev–Trinajstić information content (AvgIpc) is 2.34. The quantitative estimate of drug-likeness (QED) is 0.792. The van der Waals surface area contributed by atoms with Crippen molar-refractivity contribution in [2.45, 2.75) is 19.8 Å². The summed E-state index contributed by atoms with van der Waals surface area (Å²) in [7, 11) is 0. The molecule has 0 aromatic carbocycles. The molecule has 1 aliphatic rings. The summed E-state index contributed by atoms with van der Waals surface area (Å²) in [4.78, 5) is 16.5. The number of rotatable bonds is 1. The topological polar surface area (TPSA) is 54.0 Å². The first-order valence-corrected chi connectivity index (χ1v) is 5.54. The van der Waals surface area contributed by atoms with Crippen LogP contribution in [0.25, 0.3) is 0 Å². The molecule has 1 aromatic rings. The molecule has 92 valence electrons. The minimum absolute atomic E-state index is 0. The fourth-order valence-electron chi connectivity index (χ4n) is 1.51.